The van der Waals surface area contributed by atoms with Crippen LogP contribution in [0.3, 0.4) is 0 Å². The third-order valence-electron chi connectivity index (χ3n) is 5.81. The van der Waals surface area contributed by atoms with E-state index in [1.54, 1.807) is 30.2 Å². The molecule has 26 heavy (non-hydrogen) atoms. The third-order valence-corrected chi connectivity index (χ3v) is 10.3. The number of benzene rings is 1. The van der Waals surface area contributed by atoms with Crippen molar-refractivity contribution >= 4 is 25.8 Å². The van der Waals surface area contributed by atoms with Crippen LogP contribution < -0.4 is 10.1 Å². The van der Waals surface area contributed by atoms with Crippen molar-refractivity contribution in [2.45, 2.75) is 57.5 Å². The summed E-state index contributed by atoms with van der Waals surface area (Å²) in [6, 6.07) is 4.65. The van der Waals surface area contributed by atoms with Crippen molar-refractivity contribution in [2.75, 3.05) is 19.0 Å². The first kappa shape index (κ1) is 18.9. The normalized spacial score (nSPS) is 23.2. The fourth-order valence-electron chi connectivity index (χ4n) is 3.26. The molecule has 1 N–H and O–H groups in total. The van der Waals surface area contributed by atoms with E-state index < -0.39 is 14.4 Å². The van der Waals surface area contributed by atoms with Gasteiger partial charge in [0.05, 0.1) is 24.5 Å². The second-order valence-electron chi connectivity index (χ2n) is 8.61. The Balaban J connectivity index is 1.86. The Morgan fingerprint density at radius 2 is 1.92 bits per heavy atom. The van der Waals surface area contributed by atoms with Crippen LogP contribution in [-0.2, 0) is 9.22 Å². The van der Waals surface area contributed by atoms with Crippen molar-refractivity contribution in [3.05, 3.63) is 23.8 Å². The average Bonchev–Trinajstić information content (AvgIpc) is 2.93. The molecule has 0 aromatic heterocycles. The number of amides is 2. The molecule has 1 fully saturated rings. The molecule has 1 saturated heterocycles. The average molecular weight is 377 g/mol. The minimum Gasteiger partial charge on any atom is -0.497 e. The Labute approximate surface area is 156 Å². The van der Waals surface area contributed by atoms with E-state index in [4.69, 9.17) is 9.16 Å². The number of methoxy groups -OCH3 is 1. The first-order valence-electron chi connectivity index (χ1n) is 9.01. The van der Waals surface area contributed by atoms with Crippen LogP contribution in [0.25, 0.3) is 0 Å². The molecule has 1 aromatic rings. The molecule has 6 nitrogen and oxygen atoms in total. The Morgan fingerprint density at radius 1 is 1.23 bits per heavy atom. The Hall–Kier alpha value is -1.86. The zero-order valence-corrected chi connectivity index (χ0v) is 17.4. The number of rotatable bonds is 3. The SMILES string of the molecule is COc1ccc2c(c1)C(=O)N1CC(O[Si](C)(C)C(C)(C)C)CC1C(=O)N2. The lowest BCUT2D eigenvalue weighted by Crippen LogP contribution is -2.44. The standard InChI is InChI=1S/C19H28N2O4Si/c1-19(2,3)26(5,6)25-13-10-16-17(22)20-15-8-7-12(24-4)9-14(15)18(23)21(16)11-13/h7-9,13,16H,10-11H2,1-6H3,(H,20,22). The van der Waals surface area contributed by atoms with Crippen LogP contribution in [0.15, 0.2) is 18.2 Å². The molecule has 2 aliphatic rings. The van der Waals surface area contributed by atoms with Gasteiger partial charge in [-0.1, -0.05) is 20.8 Å². The van der Waals surface area contributed by atoms with E-state index in [1.807, 2.05) is 0 Å². The number of carbonyl (C=O) groups excluding carboxylic acids is 2. The highest BCUT2D eigenvalue weighted by Crippen LogP contribution is 2.40. The Kier molecular flexibility index (Phi) is 4.65. The predicted octanol–water partition coefficient (Wildman–Crippen LogP) is 3.25. The van der Waals surface area contributed by atoms with E-state index in [0.29, 0.717) is 30.0 Å². The monoisotopic (exact) mass is 376 g/mol. The molecule has 0 radical (unpaired) electrons. The lowest BCUT2D eigenvalue weighted by Gasteiger charge is -2.38. The summed E-state index contributed by atoms with van der Waals surface area (Å²) >= 11 is 0. The number of nitrogens with zero attached hydrogens (tertiary/aromatic N) is 1. The summed E-state index contributed by atoms with van der Waals surface area (Å²) in [4.78, 5) is 27.4. The van der Waals surface area contributed by atoms with Gasteiger partial charge in [-0.3, -0.25) is 9.59 Å². The molecule has 2 amide bonds. The van der Waals surface area contributed by atoms with Gasteiger partial charge in [0.15, 0.2) is 8.32 Å². The number of anilines is 1. The molecule has 0 spiro atoms. The van der Waals surface area contributed by atoms with Crippen molar-refractivity contribution in [3.8, 4) is 5.75 Å². The molecule has 142 valence electrons. The minimum atomic E-state index is -1.97. The summed E-state index contributed by atoms with van der Waals surface area (Å²) < 4.78 is 11.7. The number of hydrogen-bond donors (Lipinski definition) is 1. The molecule has 2 unspecified atom stereocenters. The Morgan fingerprint density at radius 3 is 2.54 bits per heavy atom. The molecule has 0 aliphatic carbocycles. The molecule has 7 heteroatoms. The maximum absolute atomic E-state index is 13.1. The first-order valence-corrected chi connectivity index (χ1v) is 11.9. The van der Waals surface area contributed by atoms with Gasteiger partial charge in [-0.2, -0.15) is 0 Å². The number of carbonyl (C=O) groups is 2. The van der Waals surface area contributed by atoms with Crippen LogP contribution >= 0.6 is 0 Å². The van der Waals surface area contributed by atoms with E-state index in [1.165, 1.54) is 0 Å². The second kappa shape index (κ2) is 6.39. The van der Waals surface area contributed by atoms with Crippen molar-refractivity contribution in [1.29, 1.82) is 0 Å². The molecular weight excluding hydrogens is 348 g/mol. The highest BCUT2D eigenvalue weighted by molar-refractivity contribution is 6.74. The lowest BCUT2D eigenvalue weighted by atomic mass is 10.1. The van der Waals surface area contributed by atoms with Crippen molar-refractivity contribution in [1.82, 2.24) is 4.90 Å². The second-order valence-corrected chi connectivity index (χ2v) is 13.4. The van der Waals surface area contributed by atoms with Crippen LogP contribution in [0.1, 0.15) is 37.6 Å². The van der Waals surface area contributed by atoms with E-state index in [0.717, 1.165) is 0 Å². The van der Waals surface area contributed by atoms with Crippen LogP contribution in [0.5, 0.6) is 5.75 Å². The summed E-state index contributed by atoms with van der Waals surface area (Å²) in [5, 5.41) is 2.97. The van der Waals surface area contributed by atoms with Gasteiger partial charge in [-0.25, -0.2) is 0 Å². The van der Waals surface area contributed by atoms with Gasteiger partial charge >= 0.3 is 0 Å². The highest BCUT2D eigenvalue weighted by Gasteiger charge is 2.47. The summed E-state index contributed by atoms with van der Waals surface area (Å²) in [5.74, 6) is 0.297. The van der Waals surface area contributed by atoms with Crippen LogP contribution in [0.2, 0.25) is 18.1 Å². The fourth-order valence-corrected chi connectivity index (χ4v) is 4.61. The van der Waals surface area contributed by atoms with E-state index in [9.17, 15) is 9.59 Å². The molecule has 2 heterocycles. The van der Waals surface area contributed by atoms with E-state index >= 15 is 0 Å². The first-order chi connectivity index (χ1) is 12.0. The van der Waals surface area contributed by atoms with Gasteiger partial charge < -0.3 is 19.4 Å². The summed E-state index contributed by atoms with van der Waals surface area (Å²) in [7, 11) is -0.408. The largest absolute Gasteiger partial charge is 0.497 e. The maximum Gasteiger partial charge on any atom is 0.256 e. The van der Waals surface area contributed by atoms with Gasteiger partial charge in [0, 0.05) is 13.0 Å². The smallest absolute Gasteiger partial charge is 0.256 e. The summed E-state index contributed by atoms with van der Waals surface area (Å²) in [6.07, 6.45) is 0.428. The highest BCUT2D eigenvalue weighted by atomic mass is 28.4. The zero-order chi connectivity index (χ0) is 19.3. The molecule has 0 saturated carbocycles. The predicted molar refractivity (Wildman–Crippen MR) is 103 cm³/mol. The minimum absolute atomic E-state index is 0.0826. The number of nitrogens with one attached hydrogen (secondary N) is 1. The summed E-state index contributed by atoms with van der Waals surface area (Å²) in [6.45, 7) is 11.4. The van der Waals surface area contributed by atoms with Gasteiger partial charge in [0.1, 0.15) is 11.8 Å². The van der Waals surface area contributed by atoms with Gasteiger partial charge in [0.25, 0.3) is 5.91 Å². The lowest BCUT2D eigenvalue weighted by molar-refractivity contribution is -0.119. The van der Waals surface area contributed by atoms with Gasteiger partial charge in [-0.15, -0.1) is 0 Å². The molecule has 2 aliphatic heterocycles. The van der Waals surface area contributed by atoms with Crippen LogP contribution in [-0.4, -0.2) is 50.8 Å². The third kappa shape index (κ3) is 3.25. The van der Waals surface area contributed by atoms with Gasteiger partial charge in [0.2, 0.25) is 5.91 Å². The van der Waals surface area contributed by atoms with E-state index in [-0.39, 0.29) is 23.0 Å². The van der Waals surface area contributed by atoms with Crippen molar-refractivity contribution < 1.29 is 18.8 Å². The number of hydrogen-bond acceptors (Lipinski definition) is 4. The topological polar surface area (TPSA) is 67.9 Å². The summed E-state index contributed by atoms with van der Waals surface area (Å²) in [5.41, 5.74) is 1.00. The molecule has 3 rings (SSSR count). The maximum atomic E-state index is 13.1. The van der Waals surface area contributed by atoms with Crippen LogP contribution in [0.4, 0.5) is 5.69 Å². The molecular formula is C19H28N2O4Si. The zero-order valence-electron chi connectivity index (χ0n) is 16.4. The molecule has 2 atom stereocenters. The van der Waals surface area contributed by atoms with Crippen molar-refractivity contribution in [3.63, 3.8) is 0 Å². The van der Waals surface area contributed by atoms with Crippen LogP contribution in [0, 0.1) is 0 Å². The fraction of sp³-hybridized carbons (Fsp3) is 0.579. The molecule has 0 bridgehead atoms. The van der Waals surface area contributed by atoms with Crippen molar-refractivity contribution in [2.24, 2.45) is 0 Å². The number of fused-ring (bicyclic) bond motifs is 2. The van der Waals surface area contributed by atoms with Gasteiger partial charge in [-0.05, 0) is 36.3 Å². The number of ether oxygens (including phenoxy) is 1. The Bertz CT molecular complexity index is 742. The van der Waals surface area contributed by atoms with E-state index in [2.05, 4.69) is 39.2 Å². The quantitative estimate of drug-likeness (QED) is 0.822. The molecule has 1 aromatic carbocycles.